The number of hydrogen-bond donors (Lipinski definition) is 0. The Morgan fingerprint density at radius 3 is 2.53 bits per heavy atom. The molecule has 0 aliphatic carbocycles. The molecule has 0 amide bonds. The summed E-state index contributed by atoms with van der Waals surface area (Å²) in [4.78, 5) is 11.4. The number of alkyl halides is 3. The topological polar surface area (TPSA) is 34.9 Å². The molecule has 19 heavy (non-hydrogen) atoms. The van der Waals surface area contributed by atoms with Crippen molar-refractivity contribution in [3.63, 3.8) is 0 Å². The van der Waals surface area contributed by atoms with E-state index in [2.05, 4.69) is 5.10 Å². The summed E-state index contributed by atoms with van der Waals surface area (Å²) in [5.41, 5.74) is 0.541. The Kier molecular flexibility index (Phi) is 5.57. The Balaban J connectivity index is 2.51. The molecule has 6 heteroatoms. The highest BCUT2D eigenvalue weighted by Gasteiger charge is 2.27. The van der Waals surface area contributed by atoms with Crippen LogP contribution in [0.15, 0.2) is 12.3 Å². The fourth-order valence-corrected chi connectivity index (χ4v) is 1.91. The van der Waals surface area contributed by atoms with Gasteiger partial charge in [-0.3, -0.25) is 9.48 Å². The van der Waals surface area contributed by atoms with Crippen molar-refractivity contribution in [3.8, 4) is 0 Å². The molecular weight excluding hydrogens is 257 g/mol. The molecule has 1 aromatic rings. The molecule has 1 rings (SSSR count). The van der Waals surface area contributed by atoms with Crippen molar-refractivity contribution >= 4 is 5.78 Å². The summed E-state index contributed by atoms with van der Waals surface area (Å²) in [7, 11) is 0. The van der Waals surface area contributed by atoms with E-state index < -0.39 is 24.8 Å². The van der Waals surface area contributed by atoms with Crippen LogP contribution in [0.2, 0.25) is 0 Å². The molecule has 0 N–H and O–H groups in total. The monoisotopic (exact) mass is 276 g/mol. The van der Waals surface area contributed by atoms with Gasteiger partial charge in [0.15, 0.2) is 0 Å². The summed E-state index contributed by atoms with van der Waals surface area (Å²) >= 11 is 0. The van der Waals surface area contributed by atoms with Gasteiger partial charge in [-0.2, -0.15) is 18.3 Å². The van der Waals surface area contributed by atoms with Gasteiger partial charge in [0.05, 0.1) is 24.6 Å². The van der Waals surface area contributed by atoms with Crippen LogP contribution < -0.4 is 0 Å². The van der Waals surface area contributed by atoms with Crippen molar-refractivity contribution in [2.75, 3.05) is 0 Å². The van der Waals surface area contributed by atoms with E-state index in [4.69, 9.17) is 0 Å². The molecule has 0 spiro atoms. The maximum absolute atomic E-state index is 12.0. The second-order valence-electron chi connectivity index (χ2n) is 4.59. The molecule has 108 valence electrons. The van der Waals surface area contributed by atoms with Gasteiger partial charge < -0.3 is 0 Å². The van der Waals surface area contributed by atoms with Crippen LogP contribution in [0, 0.1) is 0 Å². The zero-order valence-corrected chi connectivity index (χ0v) is 11.2. The highest BCUT2D eigenvalue weighted by atomic mass is 19.4. The smallest absolute Gasteiger partial charge is 0.299 e. The molecule has 1 aromatic heterocycles. The fourth-order valence-electron chi connectivity index (χ4n) is 1.91. The van der Waals surface area contributed by atoms with Gasteiger partial charge in [-0.15, -0.1) is 0 Å². The first-order valence-electron chi connectivity index (χ1n) is 6.48. The third-order valence-corrected chi connectivity index (χ3v) is 3.05. The van der Waals surface area contributed by atoms with Gasteiger partial charge in [-0.05, 0) is 18.9 Å². The lowest BCUT2D eigenvalue weighted by Crippen LogP contribution is -2.13. The largest absolute Gasteiger partial charge is 0.389 e. The standard InChI is InChI=1S/C13H19F3N2O/c1-3-11(4-2)18-8-6-10(17-18)9-12(19)5-7-13(14,15)16/h6,8,11H,3-5,7,9H2,1-2H3. The number of nitrogens with zero attached hydrogens (tertiary/aromatic N) is 2. The maximum atomic E-state index is 12.0. The second kappa shape index (κ2) is 6.73. The van der Waals surface area contributed by atoms with E-state index in [-0.39, 0.29) is 12.5 Å². The average molecular weight is 276 g/mol. The van der Waals surface area contributed by atoms with Gasteiger partial charge in [-0.1, -0.05) is 13.8 Å². The van der Waals surface area contributed by atoms with Crippen molar-refractivity contribution in [2.45, 2.75) is 58.2 Å². The van der Waals surface area contributed by atoms with Crippen LogP contribution in [0.4, 0.5) is 13.2 Å². The number of carbonyl (C=O) groups excluding carboxylic acids is 1. The van der Waals surface area contributed by atoms with Crippen LogP contribution in [0.1, 0.15) is 51.3 Å². The van der Waals surface area contributed by atoms with Gasteiger partial charge in [0.2, 0.25) is 0 Å². The molecule has 1 heterocycles. The van der Waals surface area contributed by atoms with Gasteiger partial charge in [0, 0.05) is 12.6 Å². The Bertz CT molecular complexity index is 408. The molecular formula is C13H19F3N2O. The highest BCUT2D eigenvalue weighted by Crippen LogP contribution is 2.22. The predicted octanol–water partition coefficient (Wildman–Crippen LogP) is 3.70. The van der Waals surface area contributed by atoms with Gasteiger partial charge in [0.1, 0.15) is 5.78 Å². The third kappa shape index (κ3) is 5.44. The molecule has 0 fully saturated rings. The Hall–Kier alpha value is -1.33. The predicted molar refractivity (Wildman–Crippen MR) is 65.8 cm³/mol. The molecule has 0 unspecified atom stereocenters. The number of hydrogen-bond acceptors (Lipinski definition) is 2. The first-order chi connectivity index (χ1) is 8.85. The van der Waals surface area contributed by atoms with Crippen LogP contribution in [0.25, 0.3) is 0 Å². The van der Waals surface area contributed by atoms with Crippen molar-refractivity contribution < 1.29 is 18.0 Å². The van der Waals surface area contributed by atoms with E-state index >= 15 is 0 Å². The zero-order chi connectivity index (χ0) is 14.5. The minimum absolute atomic E-state index is 0.0246. The second-order valence-corrected chi connectivity index (χ2v) is 4.59. The molecule has 0 aliphatic heterocycles. The summed E-state index contributed by atoms with van der Waals surface area (Å²) in [6.45, 7) is 4.09. The number of carbonyl (C=O) groups is 1. The molecule has 0 bridgehead atoms. The summed E-state index contributed by atoms with van der Waals surface area (Å²) < 4.78 is 37.7. The summed E-state index contributed by atoms with van der Waals surface area (Å²) in [6, 6.07) is 1.98. The number of halogens is 3. The summed E-state index contributed by atoms with van der Waals surface area (Å²) in [5.74, 6) is -0.424. The minimum Gasteiger partial charge on any atom is -0.299 e. The van der Waals surface area contributed by atoms with E-state index in [9.17, 15) is 18.0 Å². The van der Waals surface area contributed by atoms with Gasteiger partial charge in [0.25, 0.3) is 0 Å². The molecule has 0 saturated carbocycles. The van der Waals surface area contributed by atoms with Crippen LogP contribution in [0.3, 0.4) is 0 Å². The number of aromatic nitrogens is 2. The zero-order valence-electron chi connectivity index (χ0n) is 11.2. The lowest BCUT2D eigenvalue weighted by Gasteiger charge is -2.12. The quantitative estimate of drug-likeness (QED) is 0.761. The molecule has 3 nitrogen and oxygen atoms in total. The summed E-state index contributed by atoms with van der Waals surface area (Å²) in [5, 5.41) is 4.25. The van der Waals surface area contributed by atoms with Gasteiger partial charge in [-0.25, -0.2) is 0 Å². The van der Waals surface area contributed by atoms with Crippen LogP contribution in [-0.4, -0.2) is 21.7 Å². The van der Waals surface area contributed by atoms with Crippen molar-refractivity contribution in [2.24, 2.45) is 0 Å². The van der Waals surface area contributed by atoms with Crippen LogP contribution in [0.5, 0.6) is 0 Å². The Morgan fingerprint density at radius 2 is 2.00 bits per heavy atom. The van der Waals surface area contributed by atoms with Gasteiger partial charge >= 0.3 is 6.18 Å². The van der Waals surface area contributed by atoms with E-state index in [0.717, 1.165) is 12.8 Å². The first-order valence-corrected chi connectivity index (χ1v) is 6.48. The minimum atomic E-state index is -4.27. The number of ketones is 1. The first kappa shape index (κ1) is 15.7. The van der Waals surface area contributed by atoms with Crippen molar-refractivity contribution in [1.29, 1.82) is 0 Å². The van der Waals surface area contributed by atoms with E-state index in [1.165, 1.54) is 0 Å². The molecule has 0 saturated heterocycles. The molecule has 0 radical (unpaired) electrons. The Morgan fingerprint density at radius 1 is 1.37 bits per heavy atom. The van der Waals surface area contributed by atoms with E-state index in [1.807, 2.05) is 13.8 Å². The molecule has 0 atom stereocenters. The highest BCUT2D eigenvalue weighted by molar-refractivity contribution is 5.80. The van der Waals surface area contributed by atoms with Crippen molar-refractivity contribution in [3.05, 3.63) is 18.0 Å². The average Bonchev–Trinajstić information content (AvgIpc) is 2.76. The lowest BCUT2D eigenvalue weighted by molar-refractivity contribution is -0.143. The fraction of sp³-hybridized carbons (Fsp3) is 0.692. The number of Topliss-reactive ketones (excluding diaryl/α,β-unsaturated/α-hetero) is 1. The molecule has 0 aromatic carbocycles. The molecule has 0 aliphatic rings. The van der Waals surface area contributed by atoms with Crippen LogP contribution >= 0.6 is 0 Å². The normalized spacial score (nSPS) is 12.1. The van der Waals surface area contributed by atoms with Crippen molar-refractivity contribution in [1.82, 2.24) is 9.78 Å². The third-order valence-electron chi connectivity index (χ3n) is 3.05. The Labute approximate surface area is 110 Å². The summed E-state index contributed by atoms with van der Waals surface area (Å²) in [6.07, 6.45) is -2.18. The SMILES string of the molecule is CCC(CC)n1ccc(CC(=O)CCC(F)(F)F)n1. The number of rotatable bonds is 7. The van der Waals surface area contributed by atoms with E-state index in [1.54, 1.807) is 16.9 Å². The maximum Gasteiger partial charge on any atom is 0.389 e. The van der Waals surface area contributed by atoms with E-state index in [0.29, 0.717) is 5.69 Å². The lowest BCUT2D eigenvalue weighted by atomic mass is 10.1. The van der Waals surface area contributed by atoms with Crippen LogP contribution in [-0.2, 0) is 11.2 Å².